The molecule has 1 atom stereocenters. The van der Waals surface area contributed by atoms with E-state index in [2.05, 4.69) is 15.9 Å². The predicted octanol–water partition coefficient (Wildman–Crippen LogP) is 5.15. The van der Waals surface area contributed by atoms with E-state index >= 15 is 0 Å². The second kappa shape index (κ2) is 6.35. The highest BCUT2D eigenvalue weighted by Crippen LogP contribution is 2.38. The van der Waals surface area contributed by atoms with E-state index < -0.39 is 6.10 Å². The Bertz CT molecular complexity index is 644. The van der Waals surface area contributed by atoms with E-state index in [9.17, 15) is 5.11 Å². The smallest absolute Gasteiger partial charge is 0.138 e. The molecule has 0 aliphatic heterocycles. The van der Waals surface area contributed by atoms with Gasteiger partial charge in [-0.3, -0.25) is 0 Å². The lowest BCUT2D eigenvalue weighted by atomic mass is 10.00. The highest BCUT2D eigenvalue weighted by Gasteiger charge is 2.19. The van der Waals surface area contributed by atoms with Gasteiger partial charge in [-0.2, -0.15) is 0 Å². The minimum Gasteiger partial charge on any atom is -0.495 e. The molecule has 2 aromatic rings. The summed E-state index contributed by atoms with van der Waals surface area (Å²) in [5, 5.41) is 11.4. The van der Waals surface area contributed by atoms with E-state index in [1.54, 1.807) is 12.1 Å². The zero-order valence-electron chi connectivity index (χ0n) is 11.0. The molecule has 0 aromatic heterocycles. The summed E-state index contributed by atoms with van der Waals surface area (Å²) < 4.78 is 5.92. The summed E-state index contributed by atoms with van der Waals surface area (Å²) in [5.41, 5.74) is 2.34. The summed E-state index contributed by atoms with van der Waals surface area (Å²) in [6.45, 7) is 1.96. The van der Waals surface area contributed by atoms with Crippen molar-refractivity contribution in [2.75, 3.05) is 7.11 Å². The first-order chi connectivity index (χ1) is 9.43. The van der Waals surface area contributed by atoms with Crippen LogP contribution in [0.3, 0.4) is 0 Å². The first-order valence-electron chi connectivity index (χ1n) is 5.91. The van der Waals surface area contributed by atoms with E-state index in [-0.39, 0.29) is 0 Å². The summed E-state index contributed by atoms with van der Waals surface area (Å²) in [4.78, 5) is 0. The van der Waals surface area contributed by atoms with Crippen LogP contribution in [0.15, 0.2) is 34.8 Å². The molecule has 0 aliphatic carbocycles. The van der Waals surface area contributed by atoms with Crippen molar-refractivity contribution in [3.8, 4) is 5.75 Å². The lowest BCUT2D eigenvalue weighted by molar-refractivity contribution is 0.219. The van der Waals surface area contributed by atoms with Crippen LogP contribution in [0.2, 0.25) is 10.0 Å². The molecule has 2 rings (SSSR count). The first kappa shape index (κ1) is 15.6. The number of halogens is 3. The number of hydrogen-bond acceptors (Lipinski definition) is 2. The maximum Gasteiger partial charge on any atom is 0.138 e. The zero-order valence-corrected chi connectivity index (χ0v) is 14.1. The van der Waals surface area contributed by atoms with Gasteiger partial charge in [0.2, 0.25) is 0 Å². The summed E-state index contributed by atoms with van der Waals surface area (Å²) in [6.07, 6.45) is -0.861. The molecule has 0 saturated carbocycles. The van der Waals surface area contributed by atoms with Crippen LogP contribution in [-0.4, -0.2) is 12.2 Å². The number of hydrogen-bond donors (Lipinski definition) is 1. The lowest BCUT2D eigenvalue weighted by Gasteiger charge is -2.17. The molecule has 20 heavy (non-hydrogen) atoms. The van der Waals surface area contributed by atoms with Crippen molar-refractivity contribution in [3.63, 3.8) is 0 Å². The molecule has 2 aromatic carbocycles. The Hall–Kier alpha value is -0.740. The van der Waals surface area contributed by atoms with Crippen LogP contribution in [-0.2, 0) is 0 Å². The largest absolute Gasteiger partial charge is 0.495 e. The summed E-state index contributed by atoms with van der Waals surface area (Å²) in [7, 11) is 1.52. The Morgan fingerprint density at radius 2 is 1.80 bits per heavy atom. The second-order valence-corrected chi connectivity index (χ2v) is 6.10. The molecule has 0 amide bonds. The minimum absolute atomic E-state index is 0.409. The third kappa shape index (κ3) is 3.12. The van der Waals surface area contributed by atoms with E-state index in [0.717, 1.165) is 15.6 Å². The van der Waals surface area contributed by atoms with Gasteiger partial charge in [0, 0.05) is 16.1 Å². The van der Waals surface area contributed by atoms with Crippen molar-refractivity contribution >= 4 is 39.1 Å². The Kier molecular flexibility index (Phi) is 4.97. The number of methoxy groups -OCH3 is 1. The molecule has 0 radical (unpaired) electrons. The lowest BCUT2D eigenvalue weighted by Crippen LogP contribution is -2.03. The van der Waals surface area contributed by atoms with Gasteiger partial charge in [0.1, 0.15) is 11.9 Å². The highest BCUT2D eigenvalue weighted by molar-refractivity contribution is 9.10. The van der Waals surface area contributed by atoms with Crippen LogP contribution < -0.4 is 4.74 Å². The van der Waals surface area contributed by atoms with Gasteiger partial charge in [-0.15, -0.1) is 0 Å². The molecule has 0 fully saturated rings. The molecule has 5 heteroatoms. The van der Waals surface area contributed by atoms with Gasteiger partial charge in [0.05, 0.1) is 17.2 Å². The fourth-order valence-corrected chi connectivity index (χ4v) is 2.92. The monoisotopic (exact) mass is 374 g/mol. The van der Waals surface area contributed by atoms with Crippen LogP contribution in [0, 0.1) is 6.92 Å². The molecular formula is C15H13BrCl2O2. The van der Waals surface area contributed by atoms with Crippen molar-refractivity contribution < 1.29 is 9.84 Å². The third-order valence-corrected chi connectivity index (χ3v) is 4.36. The van der Waals surface area contributed by atoms with Crippen LogP contribution in [0.25, 0.3) is 0 Å². The average molecular weight is 376 g/mol. The van der Waals surface area contributed by atoms with Crippen molar-refractivity contribution in [2.24, 2.45) is 0 Å². The molecule has 106 valence electrons. The maximum absolute atomic E-state index is 10.6. The maximum atomic E-state index is 10.6. The van der Waals surface area contributed by atoms with Gasteiger partial charge in [-0.1, -0.05) is 56.8 Å². The molecule has 0 bridgehead atoms. The highest BCUT2D eigenvalue weighted by atomic mass is 79.9. The molecular weight excluding hydrogens is 363 g/mol. The van der Waals surface area contributed by atoms with Crippen LogP contribution in [0.4, 0.5) is 0 Å². The third-order valence-electron chi connectivity index (χ3n) is 3.01. The van der Waals surface area contributed by atoms with E-state index in [0.29, 0.717) is 21.4 Å². The van der Waals surface area contributed by atoms with Gasteiger partial charge in [0.15, 0.2) is 0 Å². The van der Waals surface area contributed by atoms with Crippen molar-refractivity contribution in [3.05, 3.63) is 61.5 Å². The summed E-state index contributed by atoms with van der Waals surface area (Å²) in [5.74, 6) is 0.482. The Morgan fingerprint density at radius 3 is 2.45 bits per heavy atom. The van der Waals surface area contributed by atoms with Gasteiger partial charge in [0.25, 0.3) is 0 Å². The fourth-order valence-electron chi connectivity index (χ4n) is 1.95. The number of benzene rings is 2. The van der Waals surface area contributed by atoms with E-state index in [1.165, 1.54) is 7.11 Å². The normalized spacial score (nSPS) is 12.3. The molecule has 0 saturated heterocycles. The Labute approximate surface area is 136 Å². The molecule has 0 spiro atoms. The van der Waals surface area contributed by atoms with Gasteiger partial charge in [-0.25, -0.2) is 0 Å². The Morgan fingerprint density at radius 1 is 1.10 bits per heavy atom. The summed E-state index contributed by atoms with van der Waals surface area (Å²) in [6, 6.07) is 8.99. The predicted molar refractivity (Wildman–Crippen MR) is 86.0 cm³/mol. The number of aliphatic hydroxyl groups is 1. The van der Waals surface area contributed by atoms with Crippen LogP contribution >= 0.6 is 39.1 Å². The number of ether oxygens (including phenoxy) is 1. The standard InChI is InChI=1S/C15H13BrCl2O2/c1-8-3-4-11(16)9(5-8)15(19)10-6-13(18)14(20-2)7-12(10)17/h3-7,15,19H,1-2H3. The first-order valence-corrected chi connectivity index (χ1v) is 7.46. The van der Waals surface area contributed by atoms with Gasteiger partial charge >= 0.3 is 0 Å². The number of aliphatic hydroxyl groups excluding tert-OH is 1. The van der Waals surface area contributed by atoms with Crippen molar-refractivity contribution in [1.29, 1.82) is 0 Å². The molecule has 1 N–H and O–H groups in total. The number of rotatable bonds is 3. The van der Waals surface area contributed by atoms with E-state index in [4.69, 9.17) is 27.9 Å². The SMILES string of the molecule is COc1cc(Cl)c(C(O)c2cc(C)ccc2Br)cc1Cl. The molecule has 2 nitrogen and oxygen atoms in total. The van der Waals surface area contributed by atoms with Crippen molar-refractivity contribution in [1.82, 2.24) is 0 Å². The van der Waals surface area contributed by atoms with E-state index in [1.807, 2.05) is 25.1 Å². The van der Waals surface area contributed by atoms with Gasteiger partial charge < -0.3 is 9.84 Å². The van der Waals surface area contributed by atoms with Crippen LogP contribution in [0.1, 0.15) is 22.8 Å². The zero-order chi connectivity index (χ0) is 14.9. The second-order valence-electron chi connectivity index (χ2n) is 4.44. The Balaban J connectivity index is 2.50. The minimum atomic E-state index is -0.861. The van der Waals surface area contributed by atoms with Crippen molar-refractivity contribution in [2.45, 2.75) is 13.0 Å². The molecule has 0 heterocycles. The van der Waals surface area contributed by atoms with Gasteiger partial charge in [-0.05, 0) is 24.6 Å². The quantitative estimate of drug-likeness (QED) is 0.803. The average Bonchev–Trinajstić information content (AvgIpc) is 2.42. The topological polar surface area (TPSA) is 29.5 Å². The fraction of sp³-hybridized carbons (Fsp3) is 0.200. The summed E-state index contributed by atoms with van der Waals surface area (Å²) >= 11 is 15.7. The molecule has 0 aliphatic rings. The molecule has 1 unspecified atom stereocenters. The number of aryl methyl sites for hydroxylation is 1. The van der Waals surface area contributed by atoms with Crippen LogP contribution in [0.5, 0.6) is 5.75 Å².